The van der Waals surface area contributed by atoms with E-state index in [0.29, 0.717) is 6.54 Å². The van der Waals surface area contributed by atoms with Crippen molar-refractivity contribution in [2.45, 2.75) is 0 Å². The Morgan fingerprint density at radius 3 is 3.12 bits per heavy atom. The third-order valence-electron chi connectivity index (χ3n) is 2.13. The molecule has 0 aliphatic rings. The van der Waals surface area contributed by atoms with E-state index in [2.05, 4.69) is 32.8 Å². The fraction of sp³-hybridized carbons (Fsp3) is 0.0833. The average Bonchev–Trinajstić information content (AvgIpc) is 2.74. The second-order valence-electron chi connectivity index (χ2n) is 3.27. The first-order chi connectivity index (χ1) is 7.81. The van der Waals surface area contributed by atoms with Gasteiger partial charge in [0.2, 0.25) is 5.95 Å². The maximum atomic E-state index is 4.25. The molecule has 1 aromatic heterocycles. The van der Waals surface area contributed by atoms with E-state index in [1.807, 2.05) is 35.0 Å². The van der Waals surface area contributed by atoms with Crippen LogP contribution in [-0.2, 0) is 0 Å². The summed E-state index contributed by atoms with van der Waals surface area (Å²) in [4.78, 5) is 4.25. The second-order valence-corrected chi connectivity index (χ2v) is 4.19. The van der Waals surface area contributed by atoms with Crippen LogP contribution in [0.2, 0.25) is 0 Å². The van der Waals surface area contributed by atoms with Crippen LogP contribution < -0.4 is 5.32 Å². The molecule has 0 radical (unpaired) electrons. The van der Waals surface area contributed by atoms with Gasteiger partial charge in [0, 0.05) is 29.1 Å². The van der Waals surface area contributed by atoms with E-state index < -0.39 is 0 Å². The van der Waals surface area contributed by atoms with Crippen LogP contribution in [0.5, 0.6) is 0 Å². The normalized spacial score (nSPS) is 10.1. The lowest BCUT2D eigenvalue weighted by Gasteiger charge is -2.08. The van der Waals surface area contributed by atoms with Crippen molar-refractivity contribution in [1.82, 2.24) is 9.55 Å². The molecular weight excluding hydrogens is 266 g/mol. The fourth-order valence-corrected chi connectivity index (χ4v) is 1.82. The zero-order valence-corrected chi connectivity index (χ0v) is 10.3. The molecule has 0 unspecified atom stereocenters. The van der Waals surface area contributed by atoms with Gasteiger partial charge in [-0.15, -0.1) is 6.58 Å². The van der Waals surface area contributed by atoms with Gasteiger partial charge < -0.3 is 5.32 Å². The summed E-state index contributed by atoms with van der Waals surface area (Å²) in [6.45, 7) is 4.37. The number of hydrogen-bond acceptors (Lipinski definition) is 2. The molecule has 0 atom stereocenters. The highest BCUT2D eigenvalue weighted by Gasteiger charge is 2.03. The van der Waals surface area contributed by atoms with Gasteiger partial charge in [0.25, 0.3) is 0 Å². The highest BCUT2D eigenvalue weighted by atomic mass is 79.9. The molecule has 1 heterocycles. The van der Waals surface area contributed by atoms with Gasteiger partial charge in [-0.1, -0.05) is 28.1 Å². The van der Waals surface area contributed by atoms with E-state index in [-0.39, 0.29) is 0 Å². The van der Waals surface area contributed by atoms with Crippen molar-refractivity contribution < 1.29 is 0 Å². The molecule has 2 aromatic rings. The molecule has 0 saturated heterocycles. The summed E-state index contributed by atoms with van der Waals surface area (Å²) >= 11 is 3.45. The zero-order chi connectivity index (χ0) is 11.4. The summed E-state index contributed by atoms with van der Waals surface area (Å²) in [5.74, 6) is 0.818. The number of rotatable bonds is 4. The highest BCUT2D eigenvalue weighted by molar-refractivity contribution is 9.10. The van der Waals surface area contributed by atoms with Gasteiger partial charge in [-0.05, 0) is 18.2 Å². The number of anilines is 1. The third kappa shape index (κ3) is 2.33. The Morgan fingerprint density at radius 2 is 2.38 bits per heavy atom. The Hall–Kier alpha value is -1.55. The molecule has 1 aromatic carbocycles. The van der Waals surface area contributed by atoms with E-state index in [1.54, 1.807) is 12.3 Å². The number of benzene rings is 1. The number of aromatic nitrogens is 2. The fourth-order valence-electron chi connectivity index (χ4n) is 1.43. The van der Waals surface area contributed by atoms with Crippen molar-refractivity contribution in [3.8, 4) is 5.69 Å². The molecule has 16 heavy (non-hydrogen) atoms. The maximum absolute atomic E-state index is 4.25. The minimum Gasteiger partial charge on any atom is -0.352 e. The van der Waals surface area contributed by atoms with E-state index in [4.69, 9.17) is 0 Å². The first-order valence-electron chi connectivity index (χ1n) is 4.95. The summed E-state index contributed by atoms with van der Waals surface area (Å²) in [7, 11) is 0. The van der Waals surface area contributed by atoms with Crippen LogP contribution in [0.15, 0.2) is 53.8 Å². The summed E-state index contributed by atoms with van der Waals surface area (Å²) in [5.41, 5.74) is 1.07. The van der Waals surface area contributed by atoms with E-state index >= 15 is 0 Å². The molecule has 0 spiro atoms. The highest BCUT2D eigenvalue weighted by Crippen LogP contribution is 2.18. The second kappa shape index (κ2) is 4.99. The van der Waals surface area contributed by atoms with Gasteiger partial charge in [0.15, 0.2) is 0 Å². The van der Waals surface area contributed by atoms with Crippen LogP contribution in [0.3, 0.4) is 0 Å². The van der Waals surface area contributed by atoms with Crippen molar-refractivity contribution >= 4 is 21.9 Å². The number of nitrogens with one attached hydrogen (secondary N) is 1. The molecule has 4 heteroatoms. The Labute approximate surface area is 103 Å². The molecule has 2 rings (SSSR count). The molecule has 0 amide bonds. The largest absolute Gasteiger partial charge is 0.352 e. The van der Waals surface area contributed by atoms with Crippen LogP contribution in [0.4, 0.5) is 5.95 Å². The maximum Gasteiger partial charge on any atom is 0.207 e. The van der Waals surface area contributed by atoms with Gasteiger partial charge in [-0.3, -0.25) is 4.57 Å². The van der Waals surface area contributed by atoms with Crippen molar-refractivity contribution in [2.75, 3.05) is 11.9 Å². The van der Waals surface area contributed by atoms with Gasteiger partial charge in [-0.25, -0.2) is 4.98 Å². The number of hydrogen-bond donors (Lipinski definition) is 1. The Kier molecular flexibility index (Phi) is 3.41. The van der Waals surface area contributed by atoms with E-state index in [9.17, 15) is 0 Å². The third-order valence-corrected chi connectivity index (χ3v) is 2.62. The first kappa shape index (κ1) is 11.0. The lowest BCUT2D eigenvalue weighted by molar-refractivity contribution is 1.04. The summed E-state index contributed by atoms with van der Waals surface area (Å²) in [6.07, 6.45) is 5.50. The predicted molar refractivity (Wildman–Crippen MR) is 70.0 cm³/mol. The van der Waals surface area contributed by atoms with Crippen molar-refractivity contribution in [3.63, 3.8) is 0 Å². The number of halogens is 1. The summed E-state index contributed by atoms with van der Waals surface area (Å²) in [5, 5.41) is 3.18. The molecule has 0 fully saturated rings. The van der Waals surface area contributed by atoms with Crippen molar-refractivity contribution in [1.29, 1.82) is 0 Å². The standard InChI is InChI=1S/C12H12BrN3/c1-2-6-14-12-15-7-8-16(12)11-5-3-4-10(13)9-11/h2-5,7-9H,1,6H2,(H,14,15). The average molecular weight is 278 g/mol. The Morgan fingerprint density at radius 1 is 1.50 bits per heavy atom. The molecule has 82 valence electrons. The lowest BCUT2D eigenvalue weighted by atomic mass is 10.3. The smallest absolute Gasteiger partial charge is 0.207 e. The van der Waals surface area contributed by atoms with Crippen molar-refractivity contribution in [3.05, 3.63) is 53.8 Å². The van der Waals surface area contributed by atoms with E-state index in [1.165, 1.54) is 0 Å². The van der Waals surface area contributed by atoms with Crippen LogP contribution >= 0.6 is 15.9 Å². The SMILES string of the molecule is C=CCNc1nccn1-c1cccc(Br)c1. The van der Waals surface area contributed by atoms with Gasteiger partial charge in [0.1, 0.15) is 0 Å². The summed E-state index contributed by atoms with van der Waals surface area (Å²) in [6, 6.07) is 8.07. The number of imidazole rings is 1. The lowest BCUT2D eigenvalue weighted by Crippen LogP contribution is -2.05. The quantitative estimate of drug-likeness (QED) is 0.870. The molecular formula is C12H12BrN3. The Bertz CT molecular complexity index is 491. The van der Waals surface area contributed by atoms with Gasteiger partial charge in [0.05, 0.1) is 0 Å². The Balaban J connectivity index is 2.32. The minimum absolute atomic E-state index is 0.699. The molecule has 3 nitrogen and oxygen atoms in total. The molecule has 0 aliphatic carbocycles. The van der Waals surface area contributed by atoms with Gasteiger partial charge in [-0.2, -0.15) is 0 Å². The summed E-state index contributed by atoms with van der Waals surface area (Å²) < 4.78 is 3.04. The number of nitrogens with zero attached hydrogens (tertiary/aromatic N) is 2. The van der Waals surface area contributed by atoms with Crippen LogP contribution in [0.25, 0.3) is 5.69 Å². The predicted octanol–water partition coefficient (Wildman–Crippen LogP) is 3.23. The van der Waals surface area contributed by atoms with Gasteiger partial charge >= 0.3 is 0 Å². The first-order valence-corrected chi connectivity index (χ1v) is 5.74. The minimum atomic E-state index is 0.699. The monoisotopic (exact) mass is 277 g/mol. The topological polar surface area (TPSA) is 29.9 Å². The van der Waals surface area contributed by atoms with Crippen LogP contribution in [0, 0.1) is 0 Å². The molecule has 0 aliphatic heterocycles. The molecule has 0 saturated carbocycles. The van der Waals surface area contributed by atoms with Crippen molar-refractivity contribution in [2.24, 2.45) is 0 Å². The molecule has 1 N–H and O–H groups in total. The molecule has 0 bridgehead atoms. The van der Waals surface area contributed by atoms with Crippen LogP contribution in [-0.4, -0.2) is 16.1 Å². The van der Waals surface area contributed by atoms with E-state index in [0.717, 1.165) is 16.1 Å². The zero-order valence-electron chi connectivity index (χ0n) is 8.73. The van der Waals surface area contributed by atoms with Crippen LogP contribution in [0.1, 0.15) is 0 Å².